The third-order valence-electron chi connectivity index (χ3n) is 5.93. The molecule has 0 unspecified atom stereocenters. The SMILES string of the molecule is Cc1nc2ccc(Nc3nc(=O)c(C(=O)NC4CCNCC4)cn3Cc3ccc(Cl)cc3)cc2s1. The molecular weight excluding hydrogens is 484 g/mol. The van der Waals surface area contributed by atoms with Crippen LogP contribution in [0.3, 0.4) is 0 Å². The zero-order valence-electron chi connectivity index (χ0n) is 19.2. The Morgan fingerprint density at radius 2 is 1.94 bits per heavy atom. The summed E-state index contributed by atoms with van der Waals surface area (Å²) in [6.07, 6.45) is 3.24. The molecule has 0 bridgehead atoms. The van der Waals surface area contributed by atoms with E-state index in [4.69, 9.17) is 11.6 Å². The minimum absolute atomic E-state index is 0.0246. The van der Waals surface area contributed by atoms with Gasteiger partial charge in [-0.1, -0.05) is 23.7 Å². The lowest BCUT2D eigenvalue weighted by Gasteiger charge is -2.23. The molecule has 1 aliphatic rings. The van der Waals surface area contributed by atoms with Crippen LogP contribution >= 0.6 is 22.9 Å². The van der Waals surface area contributed by atoms with Crippen molar-refractivity contribution >= 4 is 50.7 Å². The van der Waals surface area contributed by atoms with Crippen LogP contribution in [0, 0.1) is 6.92 Å². The molecule has 2 aromatic carbocycles. The summed E-state index contributed by atoms with van der Waals surface area (Å²) in [7, 11) is 0. The molecule has 1 saturated heterocycles. The number of nitrogens with one attached hydrogen (secondary N) is 3. The van der Waals surface area contributed by atoms with Gasteiger partial charge >= 0.3 is 0 Å². The summed E-state index contributed by atoms with van der Waals surface area (Å²) in [6, 6.07) is 13.3. The van der Waals surface area contributed by atoms with Crippen molar-refractivity contribution in [2.75, 3.05) is 18.4 Å². The van der Waals surface area contributed by atoms with Gasteiger partial charge in [0.2, 0.25) is 5.95 Å². The van der Waals surface area contributed by atoms with Gasteiger partial charge in [-0.25, -0.2) is 4.98 Å². The summed E-state index contributed by atoms with van der Waals surface area (Å²) in [4.78, 5) is 34.7. The quantitative estimate of drug-likeness (QED) is 0.362. The first-order valence-corrected chi connectivity index (χ1v) is 12.7. The van der Waals surface area contributed by atoms with Crippen LogP contribution in [0.2, 0.25) is 5.02 Å². The zero-order valence-corrected chi connectivity index (χ0v) is 20.7. The van der Waals surface area contributed by atoms with E-state index < -0.39 is 11.5 Å². The highest BCUT2D eigenvalue weighted by Crippen LogP contribution is 2.26. The molecule has 3 heterocycles. The van der Waals surface area contributed by atoms with Crippen molar-refractivity contribution < 1.29 is 4.79 Å². The number of aromatic nitrogens is 3. The Kier molecular flexibility index (Phi) is 6.81. The predicted octanol–water partition coefficient (Wildman–Crippen LogP) is 4.09. The fourth-order valence-corrected chi connectivity index (χ4v) is 5.12. The summed E-state index contributed by atoms with van der Waals surface area (Å²) in [5.74, 6) is -0.0451. The normalized spacial score (nSPS) is 14.2. The van der Waals surface area contributed by atoms with E-state index in [0.29, 0.717) is 17.5 Å². The van der Waals surface area contributed by atoms with Gasteiger partial charge in [0.05, 0.1) is 21.8 Å². The third-order valence-corrected chi connectivity index (χ3v) is 7.12. The molecule has 8 nitrogen and oxygen atoms in total. The van der Waals surface area contributed by atoms with Crippen molar-refractivity contribution in [3.05, 3.63) is 80.2 Å². The number of piperidine rings is 1. The number of aryl methyl sites for hydroxylation is 1. The molecule has 0 atom stereocenters. The van der Waals surface area contributed by atoms with Gasteiger partial charge in [-0.15, -0.1) is 11.3 Å². The molecule has 180 valence electrons. The number of benzene rings is 2. The number of halogens is 1. The summed E-state index contributed by atoms with van der Waals surface area (Å²) < 4.78 is 2.82. The van der Waals surface area contributed by atoms with Crippen LogP contribution < -0.4 is 21.5 Å². The van der Waals surface area contributed by atoms with Gasteiger partial charge in [0.1, 0.15) is 5.56 Å². The largest absolute Gasteiger partial charge is 0.349 e. The summed E-state index contributed by atoms with van der Waals surface area (Å²) >= 11 is 7.65. The molecule has 5 rings (SSSR count). The lowest BCUT2D eigenvalue weighted by atomic mass is 10.1. The van der Waals surface area contributed by atoms with E-state index in [1.807, 2.05) is 49.4 Å². The second-order valence-electron chi connectivity index (χ2n) is 8.58. The second kappa shape index (κ2) is 10.2. The number of hydrogen-bond acceptors (Lipinski definition) is 7. The smallest absolute Gasteiger partial charge is 0.287 e. The van der Waals surface area contributed by atoms with Gasteiger partial charge in [-0.2, -0.15) is 4.98 Å². The molecule has 0 saturated carbocycles. The number of anilines is 2. The molecule has 1 aliphatic heterocycles. The number of rotatable bonds is 6. The summed E-state index contributed by atoms with van der Waals surface area (Å²) in [5, 5.41) is 11.1. The maximum atomic E-state index is 13.0. The number of amides is 1. The van der Waals surface area contributed by atoms with E-state index in [1.165, 1.54) is 0 Å². The van der Waals surface area contributed by atoms with Crippen LogP contribution in [0.1, 0.15) is 33.8 Å². The highest BCUT2D eigenvalue weighted by molar-refractivity contribution is 7.18. The minimum atomic E-state index is -0.569. The van der Waals surface area contributed by atoms with Gasteiger partial charge in [-0.3, -0.25) is 9.59 Å². The maximum absolute atomic E-state index is 13.0. The minimum Gasteiger partial charge on any atom is -0.349 e. The standard InChI is InChI=1S/C25H25ClN6O2S/c1-15-28-21-7-6-19(12-22(21)35-15)30-25-31-24(34)20(23(33)29-18-8-10-27-11-9-18)14-32(25)13-16-2-4-17(26)5-3-16/h2-7,12,14,18,27H,8-11,13H2,1H3,(H,29,33)(H,30,31,34). The molecule has 0 radical (unpaired) electrons. The van der Waals surface area contributed by atoms with E-state index in [1.54, 1.807) is 22.1 Å². The molecule has 0 spiro atoms. The van der Waals surface area contributed by atoms with Crippen molar-refractivity contribution in [2.45, 2.75) is 32.4 Å². The Labute approximate surface area is 211 Å². The Balaban J connectivity index is 1.48. The van der Waals surface area contributed by atoms with Gasteiger partial charge in [0.15, 0.2) is 0 Å². The lowest BCUT2D eigenvalue weighted by molar-refractivity contribution is 0.0927. The first-order chi connectivity index (χ1) is 16.9. The number of nitrogens with zero attached hydrogens (tertiary/aromatic N) is 3. The lowest BCUT2D eigenvalue weighted by Crippen LogP contribution is -2.44. The molecule has 1 fully saturated rings. The van der Waals surface area contributed by atoms with Crippen LogP contribution in [0.15, 0.2) is 53.5 Å². The molecule has 1 amide bonds. The van der Waals surface area contributed by atoms with E-state index in [0.717, 1.165) is 52.4 Å². The van der Waals surface area contributed by atoms with Crippen LogP contribution in [0.5, 0.6) is 0 Å². The monoisotopic (exact) mass is 508 g/mol. The Bertz CT molecular complexity index is 1430. The number of fused-ring (bicyclic) bond motifs is 1. The fraction of sp³-hybridized carbons (Fsp3) is 0.280. The average molecular weight is 509 g/mol. The van der Waals surface area contributed by atoms with Crippen molar-refractivity contribution in [1.29, 1.82) is 0 Å². The summed E-state index contributed by atoms with van der Waals surface area (Å²) in [5.41, 5.74) is 2.12. The zero-order chi connectivity index (χ0) is 24.4. The van der Waals surface area contributed by atoms with Gasteiger partial charge in [0.25, 0.3) is 11.5 Å². The maximum Gasteiger partial charge on any atom is 0.287 e. The van der Waals surface area contributed by atoms with E-state index >= 15 is 0 Å². The first kappa shape index (κ1) is 23.5. The van der Waals surface area contributed by atoms with Gasteiger partial charge < -0.3 is 20.5 Å². The van der Waals surface area contributed by atoms with Crippen molar-refractivity contribution in [2.24, 2.45) is 0 Å². The van der Waals surface area contributed by atoms with Crippen LogP contribution in [0.25, 0.3) is 10.2 Å². The van der Waals surface area contributed by atoms with Crippen LogP contribution in [-0.2, 0) is 6.54 Å². The molecule has 3 N–H and O–H groups in total. The Morgan fingerprint density at radius 3 is 2.71 bits per heavy atom. The molecule has 2 aromatic heterocycles. The molecule has 35 heavy (non-hydrogen) atoms. The predicted molar refractivity (Wildman–Crippen MR) is 140 cm³/mol. The summed E-state index contributed by atoms with van der Waals surface area (Å²) in [6.45, 7) is 4.06. The van der Waals surface area contributed by atoms with E-state index in [-0.39, 0.29) is 11.6 Å². The Morgan fingerprint density at radius 1 is 1.17 bits per heavy atom. The molecular formula is C25H25ClN6O2S. The number of thiazole rings is 1. The second-order valence-corrected chi connectivity index (χ2v) is 10.2. The molecule has 0 aliphatic carbocycles. The van der Waals surface area contributed by atoms with Crippen LogP contribution in [-0.4, -0.2) is 39.6 Å². The molecule has 10 heteroatoms. The molecule has 4 aromatic rings. The van der Waals surface area contributed by atoms with Crippen molar-refractivity contribution in [3.8, 4) is 0 Å². The fourth-order valence-electron chi connectivity index (χ4n) is 4.13. The number of carbonyl (C=O) groups excluding carboxylic acids is 1. The van der Waals surface area contributed by atoms with Gasteiger partial charge in [-0.05, 0) is 68.8 Å². The Hall–Kier alpha value is -3.27. The van der Waals surface area contributed by atoms with Gasteiger partial charge in [0, 0.05) is 22.9 Å². The highest BCUT2D eigenvalue weighted by atomic mass is 35.5. The van der Waals surface area contributed by atoms with Crippen molar-refractivity contribution in [1.82, 2.24) is 25.2 Å². The number of hydrogen-bond donors (Lipinski definition) is 3. The van der Waals surface area contributed by atoms with Crippen molar-refractivity contribution in [3.63, 3.8) is 0 Å². The third kappa shape index (κ3) is 5.53. The highest BCUT2D eigenvalue weighted by Gasteiger charge is 2.20. The topological polar surface area (TPSA) is 101 Å². The van der Waals surface area contributed by atoms with E-state index in [9.17, 15) is 9.59 Å². The first-order valence-electron chi connectivity index (χ1n) is 11.5. The average Bonchev–Trinajstić information content (AvgIpc) is 3.22. The van der Waals surface area contributed by atoms with E-state index in [2.05, 4.69) is 25.9 Å². The number of carbonyl (C=O) groups is 1. The van der Waals surface area contributed by atoms with Crippen LogP contribution in [0.4, 0.5) is 11.6 Å².